The number of pyridine rings is 1. The summed E-state index contributed by atoms with van der Waals surface area (Å²) in [5.41, 5.74) is 2.42. The number of nitrogens with one attached hydrogen (secondary N) is 1. The molecule has 3 nitrogen and oxygen atoms in total. The van der Waals surface area contributed by atoms with Gasteiger partial charge >= 0.3 is 0 Å². The molecule has 19 heavy (non-hydrogen) atoms. The zero-order valence-electron chi connectivity index (χ0n) is 10.7. The van der Waals surface area contributed by atoms with Gasteiger partial charge in [-0.05, 0) is 46.1 Å². The first kappa shape index (κ1) is 13.7. The van der Waals surface area contributed by atoms with Gasteiger partial charge < -0.3 is 5.32 Å². The number of benzene rings is 1. The first-order chi connectivity index (χ1) is 9.20. The fourth-order valence-corrected chi connectivity index (χ4v) is 2.06. The van der Waals surface area contributed by atoms with E-state index in [9.17, 15) is 4.79 Å². The van der Waals surface area contributed by atoms with Crippen LogP contribution in [-0.2, 0) is 6.42 Å². The van der Waals surface area contributed by atoms with E-state index in [2.05, 4.69) is 33.2 Å². The molecule has 98 valence electrons. The average Bonchev–Trinajstić information content (AvgIpc) is 2.42. The second-order valence-electron chi connectivity index (χ2n) is 4.22. The fraction of sp³-hybridized carbons (Fsp3) is 0.200. The molecule has 0 atom stereocenters. The predicted molar refractivity (Wildman–Crippen MR) is 80.3 cm³/mol. The van der Waals surface area contributed by atoms with Crippen LogP contribution < -0.4 is 5.32 Å². The standard InChI is InChI=1S/C15H15BrN2O/c1-2-5-11-6-3-4-7-13(11)18-15(19)14-9-8-12(16)10-17-14/h3-4,6-10H,2,5H2,1H3,(H,18,19). The molecule has 0 bridgehead atoms. The van der Waals surface area contributed by atoms with Crippen LogP contribution >= 0.6 is 15.9 Å². The van der Waals surface area contributed by atoms with Crippen LogP contribution in [0.15, 0.2) is 47.1 Å². The van der Waals surface area contributed by atoms with E-state index in [1.165, 1.54) is 0 Å². The number of halogens is 1. The number of hydrogen-bond acceptors (Lipinski definition) is 2. The number of para-hydroxylation sites is 1. The maximum Gasteiger partial charge on any atom is 0.274 e. The van der Waals surface area contributed by atoms with Gasteiger partial charge in [0.2, 0.25) is 0 Å². The minimum absolute atomic E-state index is 0.184. The molecule has 0 spiro atoms. The maximum atomic E-state index is 12.1. The van der Waals surface area contributed by atoms with Crippen molar-refractivity contribution in [3.05, 3.63) is 58.3 Å². The van der Waals surface area contributed by atoms with E-state index < -0.39 is 0 Å². The Morgan fingerprint density at radius 2 is 2.05 bits per heavy atom. The smallest absolute Gasteiger partial charge is 0.274 e. The molecule has 1 aromatic heterocycles. The van der Waals surface area contributed by atoms with Gasteiger partial charge in [0, 0.05) is 16.4 Å². The molecule has 2 rings (SSSR count). The summed E-state index contributed by atoms with van der Waals surface area (Å²) in [5.74, 6) is -0.184. The van der Waals surface area contributed by atoms with Crippen molar-refractivity contribution in [2.24, 2.45) is 0 Å². The van der Waals surface area contributed by atoms with E-state index in [4.69, 9.17) is 0 Å². The minimum atomic E-state index is -0.184. The van der Waals surface area contributed by atoms with Crippen molar-refractivity contribution in [2.45, 2.75) is 19.8 Å². The molecule has 1 amide bonds. The van der Waals surface area contributed by atoms with Gasteiger partial charge in [0.25, 0.3) is 5.91 Å². The molecule has 1 heterocycles. The summed E-state index contributed by atoms with van der Waals surface area (Å²) in [6.45, 7) is 2.12. The van der Waals surface area contributed by atoms with Gasteiger partial charge in [-0.25, -0.2) is 4.98 Å². The second kappa shape index (κ2) is 6.48. The number of carbonyl (C=O) groups is 1. The Morgan fingerprint density at radius 3 is 2.74 bits per heavy atom. The van der Waals surface area contributed by atoms with Crippen LogP contribution in [0.4, 0.5) is 5.69 Å². The van der Waals surface area contributed by atoms with Gasteiger partial charge in [-0.15, -0.1) is 0 Å². The molecule has 0 saturated heterocycles. The number of aromatic nitrogens is 1. The van der Waals surface area contributed by atoms with Crippen LogP contribution in [-0.4, -0.2) is 10.9 Å². The summed E-state index contributed by atoms with van der Waals surface area (Å²) in [6, 6.07) is 11.4. The van der Waals surface area contributed by atoms with Gasteiger partial charge in [0.05, 0.1) is 0 Å². The Morgan fingerprint density at radius 1 is 1.26 bits per heavy atom. The van der Waals surface area contributed by atoms with Crippen molar-refractivity contribution in [1.29, 1.82) is 0 Å². The van der Waals surface area contributed by atoms with Crippen LogP contribution in [0.3, 0.4) is 0 Å². The van der Waals surface area contributed by atoms with Crippen molar-refractivity contribution in [2.75, 3.05) is 5.32 Å². The molecule has 4 heteroatoms. The highest BCUT2D eigenvalue weighted by atomic mass is 79.9. The molecule has 0 unspecified atom stereocenters. The first-order valence-electron chi connectivity index (χ1n) is 6.21. The highest BCUT2D eigenvalue weighted by molar-refractivity contribution is 9.10. The summed E-state index contributed by atoms with van der Waals surface area (Å²) in [4.78, 5) is 16.2. The lowest BCUT2D eigenvalue weighted by atomic mass is 10.1. The Balaban J connectivity index is 2.16. The topological polar surface area (TPSA) is 42.0 Å². The number of anilines is 1. The zero-order valence-corrected chi connectivity index (χ0v) is 12.3. The third-order valence-corrected chi connectivity index (χ3v) is 3.21. The lowest BCUT2D eigenvalue weighted by Gasteiger charge is -2.10. The van der Waals surface area contributed by atoms with Crippen LogP contribution in [0.2, 0.25) is 0 Å². The number of amides is 1. The van der Waals surface area contributed by atoms with Crippen molar-refractivity contribution >= 4 is 27.5 Å². The number of hydrogen-bond donors (Lipinski definition) is 1. The molecule has 0 aliphatic heterocycles. The molecular weight excluding hydrogens is 304 g/mol. The SMILES string of the molecule is CCCc1ccccc1NC(=O)c1ccc(Br)cn1. The van der Waals surface area contributed by atoms with E-state index in [1.54, 1.807) is 18.3 Å². The largest absolute Gasteiger partial charge is 0.320 e. The van der Waals surface area contributed by atoms with Gasteiger partial charge in [-0.3, -0.25) is 4.79 Å². The molecule has 0 aliphatic rings. The molecule has 1 N–H and O–H groups in total. The van der Waals surface area contributed by atoms with Crippen molar-refractivity contribution in [3.8, 4) is 0 Å². The van der Waals surface area contributed by atoms with Crippen molar-refractivity contribution in [1.82, 2.24) is 4.98 Å². The van der Waals surface area contributed by atoms with Crippen LogP contribution in [0, 0.1) is 0 Å². The predicted octanol–water partition coefficient (Wildman–Crippen LogP) is 4.05. The molecular formula is C15H15BrN2O. The monoisotopic (exact) mass is 318 g/mol. The Hall–Kier alpha value is -1.68. The highest BCUT2D eigenvalue weighted by Crippen LogP contribution is 2.17. The van der Waals surface area contributed by atoms with Crippen LogP contribution in [0.1, 0.15) is 29.4 Å². The summed E-state index contributed by atoms with van der Waals surface area (Å²) in [5, 5.41) is 2.91. The Labute approximate surface area is 121 Å². The summed E-state index contributed by atoms with van der Waals surface area (Å²) < 4.78 is 0.857. The lowest BCUT2D eigenvalue weighted by Crippen LogP contribution is -2.14. The molecule has 0 aliphatic carbocycles. The van der Waals surface area contributed by atoms with Crippen LogP contribution in [0.25, 0.3) is 0 Å². The summed E-state index contributed by atoms with van der Waals surface area (Å²) >= 11 is 3.30. The van der Waals surface area contributed by atoms with E-state index in [0.717, 1.165) is 28.6 Å². The molecule has 0 saturated carbocycles. The Bertz CT molecular complexity index is 567. The number of aryl methyl sites for hydroxylation is 1. The summed E-state index contributed by atoms with van der Waals surface area (Å²) in [7, 11) is 0. The quantitative estimate of drug-likeness (QED) is 0.924. The van der Waals surface area contributed by atoms with Gasteiger partial charge in [0.15, 0.2) is 0 Å². The Kier molecular flexibility index (Phi) is 4.68. The van der Waals surface area contributed by atoms with E-state index in [0.29, 0.717) is 5.69 Å². The summed E-state index contributed by atoms with van der Waals surface area (Å²) in [6.07, 6.45) is 3.61. The van der Waals surface area contributed by atoms with E-state index >= 15 is 0 Å². The van der Waals surface area contributed by atoms with E-state index in [1.807, 2.05) is 24.3 Å². The van der Waals surface area contributed by atoms with Gasteiger partial charge in [0.1, 0.15) is 5.69 Å². The fourth-order valence-electron chi connectivity index (χ4n) is 1.83. The average molecular weight is 319 g/mol. The van der Waals surface area contributed by atoms with Crippen molar-refractivity contribution < 1.29 is 4.79 Å². The highest BCUT2D eigenvalue weighted by Gasteiger charge is 2.09. The molecule has 0 radical (unpaired) electrons. The maximum absolute atomic E-state index is 12.1. The zero-order chi connectivity index (χ0) is 13.7. The van der Waals surface area contributed by atoms with E-state index in [-0.39, 0.29) is 5.91 Å². The molecule has 0 fully saturated rings. The van der Waals surface area contributed by atoms with Gasteiger partial charge in [-0.2, -0.15) is 0 Å². The lowest BCUT2D eigenvalue weighted by molar-refractivity contribution is 0.102. The van der Waals surface area contributed by atoms with Crippen LogP contribution in [0.5, 0.6) is 0 Å². The second-order valence-corrected chi connectivity index (χ2v) is 5.14. The molecule has 2 aromatic rings. The minimum Gasteiger partial charge on any atom is -0.320 e. The molecule has 1 aromatic carbocycles. The number of rotatable bonds is 4. The first-order valence-corrected chi connectivity index (χ1v) is 7.01. The van der Waals surface area contributed by atoms with Gasteiger partial charge in [-0.1, -0.05) is 31.5 Å². The normalized spacial score (nSPS) is 10.2. The third-order valence-electron chi connectivity index (χ3n) is 2.74. The number of nitrogens with zero attached hydrogens (tertiary/aromatic N) is 1. The third kappa shape index (κ3) is 3.64. The number of carbonyl (C=O) groups excluding carboxylic acids is 1. The van der Waals surface area contributed by atoms with Crippen molar-refractivity contribution in [3.63, 3.8) is 0 Å².